The highest BCUT2D eigenvalue weighted by Crippen LogP contribution is 2.26. The molecule has 0 aromatic heterocycles. The number of ether oxygens (including phenoxy) is 1. The number of nitrogens with one attached hydrogen (secondary N) is 1. The van der Waals surface area contributed by atoms with E-state index in [-0.39, 0.29) is 12.4 Å². The van der Waals surface area contributed by atoms with Gasteiger partial charge in [-0.1, -0.05) is 17.7 Å². The molecule has 0 atom stereocenters. The van der Waals surface area contributed by atoms with Gasteiger partial charge in [-0.25, -0.2) is 0 Å². The molecule has 0 spiro atoms. The van der Waals surface area contributed by atoms with E-state index in [0.717, 1.165) is 23.3 Å². The number of rotatable bonds is 7. The predicted molar refractivity (Wildman–Crippen MR) is 95.4 cm³/mol. The molecule has 2 rings (SSSR count). The van der Waals surface area contributed by atoms with E-state index in [9.17, 15) is 0 Å². The van der Waals surface area contributed by atoms with E-state index < -0.39 is 0 Å². The Balaban J connectivity index is 0.00000220. The average molecular weight is 375 g/mol. The van der Waals surface area contributed by atoms with Gasteiger partial charge in [-0.05, 0) is 79.2 Å². The highest BCUT2D eigenvalue weighted by molar-refractivity contribution is 9.10. The zero-order chi connectivity index (χ0) is 14.2. The Morgan fingerprint density at radius 1 is 1.29 bits per heavy atom. The predicted octanol–water partition coefficient (Wildman–Crippen LogP) is 5.25. The van der Waals surface area contributed by atoms with Crippen molar-refractivity contribution in [1.82, 2.24) is 5.32 Å². The van der Waals surface area contributed by atoms with Crippen molar-refractivity contribution < 1.29 is 4.74 Å². The van der Waals surface area contributed by atoms with Crippen molar-refractivity contribution in [3.05, 3.63) is 39.9 Å². The quantitative estimate of drug-likeness (QED) is 0.520. The van der Waals surface area contributed by atoms with Crippen LogP contribution in [0.5, 0.6) is 5.75 Å². The fourth-order valence-corrected chi connectivity index (χ4v) is 3.08. The van der Waals surface area contributed by atoms with Crippen LogP contribution in [0.15, 0.2) is 34.3 Å². The maximum Gasteiger partial charge on any atom is 0.133 e. The molecule has 0 aliphatic heterocycles. The van der Waals surface area contributed by atoms with Gasteiger partial charge in [0.15, 0.2) is 0 Å². The lowest BCUT2D eigenvalue weighted by molar-refractivity contribution is 0.338. The van der Waals surface area contributed by atoms with Gasteiger partial charge in [-0.15, -0.1) is 12.4 Å². The molecule has 0 unspecified atom stereocenters. The SMILES string of the molecule is CCOc1ccc(CNCCC2=CCCCC2)cc1Br.Cl. The van der Waals surface area contributed by atoms with Gasteiger partial charge >= 0.3 is 0 Å². The highest BCUT2D eigenvalue weighted by atomic mass is 79.9. The number of hydrogen-bond acceptors (Lipinski definition) is 2. The summed E-state index contributed by atoms with van der Waals surface area (Å²) in [7, 11) is 0. The van der Waals surface area contributed by atoms with E-state index >= 15 is 0 Å². The summed E-state index contributed by atoms with van der Waals surface area (Å²) in [5.41, 5.74) is 2.93. The molecule has 1 aromatic rings. The van der Waals surface area contributed by atoms with Gasteiger partial charge in [0.05, 0.1) is 11.1 Å². The second-order valence-electron chi connectivity index (χ2n) is 5.23. The molecule has 1 aromatic carbocycles. The van der Waals surface area contributed by atoms with Crippen LogP contribution in [0.2, 0.25) is 0 Å². The lowest BCUT2D eigenvalue weighted by atomic mass is 9.97. The van der Waals surface area contributed by atoms with Crippen molar-refractivity contribution in [3.63, 3.8) is 0 Å². The van der Waals surface area contributed by atoms with Gasteiger partial charge in [0.1, 0.15) is 5.75 Å². The molecule has 0 saturated carbocycles. The molecule has 118 valence electrons. The summed E-state index contributed by atoms with van der Waals surface area (Å²) in [6.07, 6.45) is 8.95. The van der Waals surface area contributed by atoms with Crippen molar-refractivity contribution in [2.24, 2.45) is 0 Å². The van der Waals surface area contributed by atoms with Gasteiger partial charge in [-0.3, -0.25) is 0 Å². The third-order valence-corrected chi connectivity index (χ3v) is 4.25. The van der Waals surface area contributed by atoms with Crippen molar-refractivity contribution >= 4 is 28.3 Å². The van der Waals surface area contributed by atoms with E-state index in [1.807, 2.05) is 13.0 Å². The van der Waals surface area contributed by atoms with Gasteiger partial charge in [-0.2, -0.15) is 0 Å². The van der Waals surface area contributed by atoms with Gasteiger partial charge in [0.2, 0.25) is 0 Å². The van der Waals surface area contributed by atoms with Crippen molar-refractivity contribution in [2.45, 2.75) is 45.6 Å². The normalized spacial score (nSPS) is 14.3. The van der Waals surface area contributed by atoms with Crippen LogP contribution < -0.4 is 10.1 Å². The number of allylic oxidation sites excluding steroid dienone is 1. The maximum absolute atomic E-state index is 5.52. The molecule has 1 N–H and O–H groups in total. The van der Waals surface area contributed by atoms with Crippen LogP contribution in [0.25, 0.3) is 0 Å². The number of hydrogen-bond donors (Lipinski definition) is 1. The molecular formula is C17H25BrClNO. The Bertz CT molecular complexity index is 462. The molecule has 0 fully saturated rings. The monoisotopic (exact) mass is 373 g/mol. The molecular weight excluding hydrogens is 350 g/mol. The molecule has 0 bridgehead atoms. The van der Waals surface area contributed by atoms with Gasteiger partial charge in [0, 0.05) is 6.54 Å². The molecule has 2 nitrogen and oxygen atoms in total. The number of halogens is 2. The summed E-state index contributed by atoms with van der Waals surface area (Å²) in [4.78, 5) is 0. The summed E-state index contributed by atoms with van der Waals surface area (Å²) in [6, 6.07) is 6.30. The van der Waals surface area contributed by atoms with E-state index in [1.165, 1.54) is 37.7 Å². The van der Waals surface area contributed by atoms with E-state index in [1.54, 1.807) is 5.57 Å². The fraction of sp³-hybridized carbons (Fsp3) is 0.529. The van der Waals surface area contributed by atoms with Crippen molar-refractivity contribution in [3.8, 4) is 5.75 Å². The minimum atomic E-state index is 0. The zero-order valence-electron chi connectivity index (χ0n) is 12.7. The second kappa shape index (κ2) is 10.3. The maximum atomic E-state index is 5.52. The van der Waals surface area contributed by atoms with Crippen LogP contribution in [-0.4, -0.2) is 13.2 Å². The summed E-state index contributed by atoms with van der Waals surface area (Å²) in [6.45, 7) is 4.68. The second-order valence-corrected chi connectivity index (χ2v) is 6.09. The van der Waals surface area contributed by atoms with Crippen LogP contribution in [-0.2, 0) is 6.54 Å². The molecule has 0 radical (unpaired) electrons. The molecule has 0 amide bonds. The smallest absolute Gasteiger partial charge is 0.133 e. The Morgan fingerprint density at radius 3 is 2.81 bits per heavy atom. The van der Waals surface area contributed by atoms with Crippen LogP contribution in [0.3, 0.4) is 0 Å². The van der Waals surface area contributed by atoms with Gasteiger partial charge in [0.25, 0.3) is 0 Å². The molecule has 21 heavy (non-hydrogen) atoms. The standard InChI is InChI=1S/C17H24BrNO.ClH/c1-2-20-17-9-8-15(12-16(17)18)13-19-11-10-14-6-4-3-5-7-14;/h6,8-9,12,19H,2-5,7,10-11,13H2,1H3;1H. The zero-order valence-corrected chi connectivity index (χ0v) is 15.1. The Kier molecular flexibility index (Phi) is 9.05. The molecule has 1 aliphatic carbocycles. The average Bonchev–Trinajstić information content (AvgIpc) is 2.48. The summed E-state index contributed by atoms with van der Waals surface area (Å²) < 4.78 is 6.56. The van der Waals surface area contributed by atoms with E-state index in [2.05, 4.69) is 39.5 Å². The van der Waals surface area contributed by atoms with Crippen molar-refractivity contribution in [2.75, 3.05) is 13.2 Å². The van der Waals surface area contributed by atoms with Crippen LogP contribution in [0.4, 0.5) is 0 Å². The number of benzene rings is 1. The summed E-state index contributed by atoms with van der Waals surface area (Å²) in [5.74, 6) is 0.920. The van der Waals surface area contributed by atoms with Crippen LogP contribution >= 0.6 is 28.3 Å². The van der Waals surface area contributed by atoms with Crippen molar-refractivity contribution in [1.29, 1.82) is 0 Å². The topological polar surface area (TPSA) is 21.3 Å². The fourth-order valence-electron chi connectivity index (χ4n) is 2.54. The first-order valence-electron chi connectivity index (χ1n) is 7.59. The first-order valence-corrected chi connectivity index (χ1v) is 8.38. The van der Waals surface area contributed by atoms with E-state index in [0.29, 0.717) is 6.61 Å². The molecule has 1 aliphatic rings. The van der Waals surface area contributed by atoms with E-state index in [4.69, 9.17) is 4.74 Å². The summed E-state index contributed by atoms with van der Waals surface area (Å²) in [5, 5.41) is 3.53. The Hall–Kier alpha value is -0.510. The van der Waals surface area contributed by atoms with Crippen LogP contribution in [0, 0.1) is 0 Å². The molecule has 0 saturated heterocycles. The largest absolute Gasteiger partial charge is 0.493 e. The Morgan fingerprint density at radius 2 is 2.14 bits per heavy atom. The van der Waals surface area contributed by atoms with Crippen LogP contribution in [0.1, 0.15) is 44.6 Å². The molecule has 4 heteroatoms. The Labute approximate surface area is 142 Å². The summed E-state index contributed by atoms with van der Waals surface area (Å²) >= 11 is 3.56. The highest BCUT2D eigenvalue weighted by Gasteiger charge is 2.04. The first kappa shape index (κ1) is 18.5. The van der Waals surface area contributed by atoms with Gasteiger partial charge < -0.3 is 10.1 Å². The third kappa shape index (κ3) is 6.41. The first-order chi connectivity index (χ1) is 9.79. The third-order valence-electron chi connectivity index (χ3n) is 3.63. The lowest BCUT2D eigenvalue weighted by Crippen LogP contribution is -2.15. The minimum Gasteiger partial charge on any atom is -0.493 e. The lowest BCUT2D eigenvalue weighted by Gasteiger charge is -2.13. The minimum absolute atomic E-state index is 0. The molecule has 0 heterocycles.